The fourth-order valence-corrected chi connectivity index (χ4v) is 2.83. The fraction of sp³-hybridized carbons (Fsp3) is 0.385. The first-order valence-electron chi connectivity index (χ1n) is 6.71. The van der Waals surface area contributed by atoms with Crippen LogP contribution in [0.2, 0.25) is 5.02 Å². The largest absolute Gasteiger partial charge is 0.497 e. The van der Waals surface area contributed by atoms with Gasteiger partial charge < -0.3 is 10.1 Å². The Hall–Kier alpha value is -1.80. The topological polar surface area (TPSA) is 81.9 Å². The number of thioether (sulfide) groups is 1. The van der Waals surface area contributed by atoms with Crippen LogP contribution in [-0.4, -0.2) is 39.0 Å². The standard InChI is InChI=1S/C13H14ClN5O2S/c1-21-9-4-5-11(10(14)6-9)15-12(20)7-22-13-16-17-18-19(13)8-2-3-8/h4-6,8H,2-3,7H2,1H3,(H,15,20). The van der Waals surface area contributed by atoms with Crippen molar-refractivity contribution in [3.8, 4) is 5.75 Å². The number of rotatable bonds is 6. The normalized spacial score (nSPS) is 13.9. The maximum Gasteiger partial charge on any atom is 0.234 e. The van der Waals surface area contributed by atoms with Gasteiger partial charge in [0, 0.05) is 6.07 Å². The highest BCUT2D eigenvalue weighted by Crippen LogP contribution is 2.36. The Balaban J connectivity index is 1.57. The lowest BCUT2D eigenvalue weighted by Gasteiger charge is -2.08. The van der Waals surface area contributed by atoms with Gasteiger partial charge in [-0.2, -0.15) is 0 Å². The van der Waals surface area contributed by atoms with E-state index in [-0.39, 0.29) is 11.7 Å². The highest BCUT2D eigenvalue weighted by molar-refractivity contribution is 7.99. The molecule has 9 heteroatoms. The first-order valence-corrected chi connectivity index (χ1v) is 8.08. The zero-order valence-electron chi connectivity index (χ0n) is 11.8. The highest BCUT2D eigenvalue weighted by atomic mass is 35.5. The van der Waals surface area contributed by atoms with E-state index < -0.39 is 0 Å². The molecule has 0 atom stereocenters. The van der Waals surface area contributed by atoms with E-state index >= 15 is 0 Å². The molecule has 0 unspecified atom stereocenters. The van der Waals surface area contributed by atoms with Crippen molar-refractivity contribution in [2.75, 3.05) is 18.2 Å². The molecule has 22 heavy (non-hydrogen) atoms. The van der Waals surface area contributed by atoms with E-state index in [1.807, 2.05) is 0 Å². The Labute approximate surface area is 136 Å². The lowest BCUT2D eigenvalue weighted by Crippen LogP contribution is -2.15. The van der Waals surface area contributed by atoms with E-state index in [0.717, 1.165) is 12.8 Å². The summed E-state index contributed by atoms with van der Waals surface area (Å²) in [5, 5.41) is 15.4. The van der Waals surface area contributed by atoms with E-state index in [1.54, 1.807) is 30.0 Å². The zero-order valence-corrected chi connectivity index (χ0v) is 13.4. The van der Waals surface area contributed by atoms with Gasteiger partial charge >= 0.3 is 0 Å². The second-order valence-corrected chi connectivity index (χ2v) is 6.17. The maximum atomic E-state index is 12.0. The summed E-state index contributed by atoms with van der Waals surface area (Å²) < 4.78 is 6.84. The van der Waals surface area contributed by atoms with E-state index in [9.17, 15) is 4.79 Å². The Morgan fingerprint density at radius 1 is 1.55 bits per heavy atom. The summed E-state index contributed by atoms with van der Waals surface area (Å²) in [4.78, 5) is 12.0. The van der Waals surface area contributed by atoms with Crippen LogP contribution in [0, 0.1) is 0 Å². The smallest absolute Gasteiger partial charge is 0.234 e. The first-order chi connectivity index (χ1) is 10.7. The summed E-state index contributed by atoms with van der Waals surface area (Å²) in [7, 11) is 1.56. The molecule has 1 aliphatic carbocycles. The van der Waals surface area contributed by atoms with Crippen LogP contribution in [0.4, 0.5) is 5.69 Å². The average molecular weight is 340 g/mol. The van der Waals surface area contributed by atoms with Crippen LogP contribution in [0.15, 0.2) is 23.4 Å². The number of nitrogens with zero attached hydrogens (tertiary/aromatic N) is 4. The Morgan fingerprint density at radius 3 is 3.05 bits per heavy atom. The third-order valence-corrected chi connectivity index (χ3v) is 4.38. The quantitative estimate of drug-likeness (QED) is 0.814. The van der Waals surface area contributed by atoms with Crippen molar-refractivity contribution in [2.24, 2.45) is 0 Å². The number of hydrogen-bond acceptors (Lipinski definition) is 6. The van der Waals surface area contributed by atoms with Gasteiger partial charge in [-0.1, -0.05) is 23.4 Å². The van der Waals surface area contributed by atoms with Crippen LogP contribution in [-0.2, 0) is 4.79 Å². The van der Waals surface area contributed by atoms with Gasteiger partial charge in [0.15, 0.2) is 0 Å². The van der Waals surface area contributed by atoms with Gasteiger partial charge in [0.25, 0.3) is 0 Å². The summed E-state index contributed by atoms with van der Waals surface area (Å²) in [5.74, 6) is 0.693. The SMILES string of the molecule is COc1ccc(NC(=O)CSc2nnnn2C2CC2)c(Cl)c1. The maximum absolute atomic E-state index is 12.0. The number of carbonyl (C=O) groups is 1. The molecule has 1 N–H and O–H groups in total. The van der Waals surface area contributed by atoms with Gasteiger partial charge in [0.2, 0.25) is 11.1 Å². The number of halogens is 1. The second kappa shape index (κ2) is 6.53. The summed E-state index contributed by atoms with van der Waals surface area (Å²) in [6, 6.07) is 5.48. The molecule has 0 saturated heterocycles. The molecule has 0 bridgehead atoms. The van der Waals surface area contributed by atoms with Gasteiger partial charge in [-0.05, 0) is 35.4 Å². The van der Waals surface area contributed by atoms with Crippen molar-refractivity contribution in [3.05, 3.63) is 23.2 Å². The number of tetrazole rings is 1. The molecule has 1 heterocycles. The third kappa shape index (κ3) is 3.50. The number of nitrogens with one attached hydrogen (secondary N) is 1. The van der Waals surface area contributed by atoms with Crippen LogP contribution < -0.4 is 10.1 Å². The molecule has 116 valence electrons. The average Bonchev–Trinajstić information content (AvgIpc) is 3.25. The predicted molar refractivity (Wildman–Crippen MR) is 83.4 cm³/mol. The second-order valence-electron chi connectivity index (χ2n) is 4.82. The number of hydrogen-bond donors (Lipinski definition) is 1. The molecule has 3 rings (SSSR count). The first kappa shape index (κ1) is 15.1. The molecule has 1 aliphatic rings. The van der Waals surface area contributed by atoms with E-state index in [2.05, 4.69) is 20.8 Å². The Kier molecular flexibility index (Phi) is 4.49. The molecule has 1 fully saturated rings. The minimum absolute atomic E-state index is 0.164. The van der Waals surface area contributed by atoms with E-state index in [4.69, 9.17) is 16.3 Å². The van der Waals surface area contributed by atoms with Crippen molar-refractivity contribution < 1.29 is 9.53 Å². The molecule has 1 aromatic heterocycles. The Morgan fingerprint density at radius 2 is 2.36 bits per heavy atom. The number of ether oxygens (including phenoxy) is 1. The number of benzene rings is 1. The third-order valence-electron chi connectivity index (χ3n) is 3.14. The van der Waals surface area contributed by atoms with Crippen LogP contribution in [0.3, 0.4) is 0 Å². The molecular weight excluding hydrogens is 326 g/mol. The van der Waals surface area contributed by atoms with Crippen molar-refractivity contribution in [1.29, 1.82) is 0 Å². The number of methoxy groups -OCH3 is 1. The number of anilines is 1. The van der Waals surface area contributed by atoms with Crippen molar-refractivity contribution >= 4 is 35.0 Å². The minimum Gasteiger partial charge on any atom is -0.497 e. The molecule has 1 amide bonds. The molecular formula is C13H14ClN5O2S. The zero-order chi connectivity index (χ0) is 15.5. The molecule has 0 aliphatic heterocycles. The predicted octanol–water partition coefficient (Wildman–Crippen LogP) is 2.40. The molecule has 2 aromatic rings. The van der Waals surface area contributed by atoms with Crippen molar-refractivity contribution in [1.82, 2.24) is 20.2 Å². The van der Waals surface area contributed by atoms with Crippen LogP contribution in [0.1, 0.15) is 18.9 Å². The minimum atomic E-state index is -0.164. The molecule has 7 nitrogen and oxygen atoms in total. The van der Waals surface area contributed by atoms with E-state index in [1.165, 1.54) is 11.8 Å². The van der Waals surface area contributed by atoms with Crippen molar-refractivity contribution in [3.63, 3.8) is 0 Å². The highest BCUT2D eigenvalue weighted by Gasteiger charge is 2.28. The summed E-state index contributed by atoms with van der Waals surface area (Å²) >= 11 is 7.40. The summed E-state index contributed by atoms with van der Waals surface area (Å²) in [6.07, 6.45) is 2.18. The van der Waals surface area contributed by atoms with Crippen molar-refractivity contribution in [2.45, 2.75) is 24.0 Å². The molecule has 0 spiro atoms. The number of carbonyl (C=O) groups excluding carboxylic acids is 1. The van der Waals surface area contributed by atoms with Crippen LogP contribution in [0.5, 0.6) is 5.75 Å². The van der Waals surface area contributed by atoms with Gasteiger partial charge in [-0.25, -0.2) is 4.68 Å². The molecule has 1 aromatic carbocycles. The van der Waals surface area contributed by atoms with Gasteiger partial charge in [0.1, 0.15) is 5.75 Å². The van der Waals surface area contributed by atoms with E-state index in [0.29, 0.717) is 27.7 Å². The van der Waals surface area contributed by atoms with Gasteiger partial charge in [0.05, 0.1) is 29.6 Å². The number of amides is 1. The lowest BCUT2D eigenvalue weighted by atomic mass is 10.3. The van der Waals surface area contributed by atoms with Crippen LogP contribution >= 0.6 is 23.4 Å². The molecule has 0 radical (unpaired) electrons. The monoisotopic (exact) mass is 339 g/mol. The molecule has 1 saturated carbocycles. The lowest BCUT2D eigenvalue weighted by molar-refractivity contribution is -0.113. The Bertz CT molecular complexity index is 689. The number of aromatic nitrogens is 4. The summed E-state index contributed by atoms with van der Waals surface area (Å²) in [6.45, 7) is 0. The van der Waals surface area contributed by atoms with Gasteiger partial charge in [-0.3, -0.25) is 4.79 Å². The van der Waals surface area contributed by atoms with Gasteiger partial charge in [-0.15, -0.1) is 5.10 Å². The van der Waals surface area contributed by atoms with Crippen LogP contribution in [0.25, 0.3) is 0 Å². The summed E-state index contributed by atoms with van der Waals surface area (Å²) in [5.41, 5.74) is 0.551. The fourth-order valence-electron chi connectivity index (χ4n) is 1.87.